The fourth-order valence-corrected chi connectivity index (χ4v) is 1.76. The second-order valence-corrected chi connectivity index (χ2v) is 4.16. The van der Waals surface area contributed by atoms with Gasteiger partial charge in [-0.15, -0.1) is 0 Å². The quantitative estimate of drug-likeness (QED) is 0.788. The zero-order valence-corrected chi connectivity index (χ0v) is 10.2. The van der Waals surface area contributed by atoms with Gasteiger partial charge in [-0.1, -0.05) is 12.1 Å². The number of hydrogen-bond acceptors (Lipinski definition) is 5. The number of cyclic esters (lactones) is 1. The number of ether oxygens (including phenoxy) is 3. The molecule has 5 heteroatoms. The lowest BCUT2D eigenvalue weighted by Crippen LogP contribution is -2.26. The summed E-state index contributed by atoms with van der Waals surface area (Å²) in [4.78, 5) is 10.9. The Labute approximate surface area is 105 Å². The number of methoxy groups -OCH3 is 1. The minimum Gasteiger partial charge on any atom is -0.497 e. The largest absolute Gasteiger partial charge is 0.497 e. The van der Waals surface area contributed by atoms with E-state index < -0.39 is 12.2 Å². The molecule has 0 unspecified atom stereocenters. The smallest absolute Gasteiger partial charge is 0.309 e. The van der Waals surface area contributed by atoms with E-state index in [0.717, 1.165) is 11.3 Å². The van der Waals surface area contributed by atoms with Crippen molar-refractivity contribution >= 4 is 5.97 Å². The van der Waals surface area contributed by atoms with Gasteiger partial charge in [-0.3, -0.25) is 4.79 Å². The summed E-state index contributed by atoms with van der Waals surface area (Å²) in [6.45, 7) is 0.615. The Balaban J connectivity index is 1.76. The third-order valence-corrected chi connectivity index (χ3v) is 2.80. The number of aliphatic hydroxyl groups is 1. The predicted molar refractivity (Wildman–Crippen MR) is 63.2 cm³/mol. The molecule has 1 aliphatic heterocycles. The predicted octanol–water partition coefficient (Wildman–Crippen LogP) is 0.888. The number of esters is 1. The van der Waals surface area contributed by atoms with Crippen molar-refractivity contribution in [3.8, 4) is 5.75 Å². The lowest BCUT2D eigenvalue weighted by Gasteiger charge is -2.13. The molecule has 1 aromatic carbocycles. The van der Waals surface area contributed by atoms with Crippen LogP contribution in [-0.2, 0) is 20.9 Å². The zero-order chi connectivity index (χ0) is 13.0. The highest BCUT2D eigenvalue weighted by atomic mass is 16.6. The molecule has 1 heterocycles. The summed E-state index contributed by atoms with van der Waals surface area (Å²) >= 11 is 0. The maximum Gasteiger partial charge on any atom is 0.309 e. The van der Waals surface area contributed by atoms with E-state index in [0.29, 0.717) is 6.61 Å². The van der Waals surface area contributed by atoms with Gasteiger partial charge in [0.1, 0.15) is 11.9 Å². The van der Waals surface area contributed by atoms with E-state index in [9.17, 15) is 9.90 Å². The summed E-state index contributed by atoms with van der Waals surface area (Å²) in [6.07, 6.45) is -1.25. The molecule has 1 N–H and O–H groups in total. The van der Waals surface area contributed by atoms with Crippen molar-refractivity contribution in [2.24, 2.45) is 0 Å². The third-order valence-electron chi connectivity index (χ3n) is 2.80. The molecule has 0 bridgehead atoms. The first-order valence-electron chi connectivity index (χ1n) is 5.77. The van der Waals surface area contributed by atoms with Crippen LogP contribution in [-0.4, -0.2) is 37.0 Å². The summed E-state index contributed by atoms with van der Waals surface area (Å²) < 4.78 is 15.4. The van der Waals surface area contributed by atoms with E-state index in [1.54, 1.807) is 7.11 Å². The van der Waals surface area contributed by atoms with Crippen molar-refractivity contribution in [2.45, 2.75) is 25.2 Å². The van der Waals surface area contributed by atoms with Crippen LogP contribution in [0.3, 0.4) is 0 Å². The van der Waals surface area contributed by atoms with Crippen LogP contribution in [0.2, 0.25) is 0 Å². The number of benzene rings is 1. The number of carbonyl (C=O) groups is 1. The van der Waals surface area contributed by atoms with Gasteiger partial charge in [0.2, 0.25) is 0 Å². The molecule has 2 rings (SSSR count). The van der Waals surface area contributed by atoms with Gasteiger partial charge in [-0.25, -0.2) is 0 Å². The van der Waals surface area contributed by atoms with E-state index >= 15 is 0 Å². The standard InChI is InChI=1S/C13H16O5/c1-16-10-4-2-9(3-5-10)7-17-8-12-11(14)6-13(15)18-12/h2-5,11-12,14H,6-8H2,1H3/t11-,12+/m0/s1. The first-order valence-corrected chi connectivity index (χ1v) is 5.77. The van der Waals surface area contributed by atoms with Crippen LogP contribution in [0.1, 0.15) is 12.0 Å². The number of aliphatic hydroxyl groups excluding tert-OH is 1. The highest BCUT2D eigenvalue weighted by molar-refractivity contribution is 5.72. The second-order valence-electron chi connectivity index (χ2n) is 4.16. The van der Waals surface area contributed by atoms with Gasteiger partial charge in [0.25, 0.3) is 0 Å². The lowest BCUT2D eigenvalue weighted by atomic mass is 10.2. The first kappa shape index (κ1) is 12.9. The highest BCUT2D eigenvalue weighted by Gasteiger charge is 2.33. The van der Waals surface area contributed by atoms with Gasteiger partial charge in [-0.2, -0.15) is 0 Å². The van der Waals surface area contributed by atoms with Crippen LogP contribution in [0.15, 0.2) is 24.3 Å². The Kier molecular flexibility index (Phi) is 4.17. The highest BCUT2D eigenvalue weighted by Crippen LogP contribution is 2.16. The van der Waals surface area contributed by atoms with E-state index in [4.69, 9.17) is 14.2 Å². The number of hydrogen-bond donors (Lipinski definition) is 1. The average molecular weight is 252 g/mol. The van der Waals surface area contributed by atoms with Crippen LogP contribution in [0.5, 0.6) is 5.75 Å². The maximum atomic E-state index is 10.9. The SMILES string of the molecule is COc1ccc(COC[C@H]2OC(=O)C[C@@H]2O)cc1. The fourth-order valence-electron chi connectivity index (χ4n) is 1.76. The van der Waals surface area contributed by atoms with Crippen LogP contribution in [0.25, 0.3) is 0 Å². The van der Waals surface area contributed by atoms with Crippen LogP contribution >= 0.6 is 0 Å². The fraction of sp³-hybridized carbons (Fsp3) is 0.462. The molecule has 98 valence electrons. The molecule has 2 atom stereocenters. The lowest BCUT2D eigenvalue weighted by molar-refractivity contribution is -0.144. The van der Waals surface area contributed by atoms with Crippen molar-refractivity contribution < 1.29 is 24.1 Å². The van der Waals surface area contributed by atoms with Crippen molar-refractivity contribution in [3.05, 3.63) is 29.8 Å². The van der Waals surface area contributed by atoms with Gasteiger partial charge < -0.3 is 19.3 Å². The molecule has 0 amide bonds. The summed E-state index contributed by atoms with van der Waals surface area (Å²) in [5.41, 5.74) is 0.995. The third kappa shape index (κ3) is 3.21. The molecule has 1 fully saturated rings. The average Bonchev–Trinajstić information content (AvgIpc) is 2.69. The van der Waals surface area contributed by atoms with Crippen molar-refractivity contribution in [3.63, 3.8) is 0 Å². The molecule has 0 aliphatic carbocycles. The molecule has 18 heavy (non-hydrogen) atoms. The van der Waals surface area contributed by atoms with Gasteiger partial charge in [0.15, 0.2) is 6.10 Å². The van der Waals surface area contributed by atoms with Crippen LogP contribution in [0, 0.1) is 0 Å². The Morgan fingerprint density at radius 1 is 1.39 bits per heavy atom. The molecule has 5 nitrogen and oxygen atoms in total. The second kappa shape index (κ2) is 5.84. The van der Waals surface area contributed by atoms with Crippen molar-refractivity contribution in [1.29, 1.82) is 0 Å². The molecule has 0 spiro atoms. The molecular weight excluding hydrogens is 236 g/mol. The van der Waals surface area contributed by atoms with E-state index in [1.807, 2.05) is 24.3 Å². The van der Waals surface area contributed by atoms with Crippen LogP contribution < -0.4 is 4.74 Å². The Morgan fingerprint density at radius 2 is 2.11 bits per heavy atom. The van der Waals surface area contributed by atoms with E-state index in [-0.39, 0.29) is 19.0 Å². The van der Waals surface area contributed by atoms with Crippen molar-refractivity contribution in [2.75, 3.05) is 13.7 Å². The maximum absolute atomic E-state index is 10.9. The normalized spacial score (nSPS) is 22.9. The summed E-state index contributed by atoms with van der Waals surface area (Å²) in [7, 11) is 1.61. The summed E-state index contributed by atoms with van der Waals surface area (Å²) in [5, 5.41) is 9.48. The van der Waals surface area contributed by atoms with Crippen molar-refractivity contribution in [1.82, 2.24) is 0 Å². The number of carbonyl (C=O) groups excluding carboxylic acids is 1. The Hall–Kier alpha value is -1.59. The molecular formula is C13H16O5. The Bertz CT molecular complexity index is 400. The summed E-state index contributed by atoms with van der Waals surface area (Å²) in [6, 6.07) is 7.50. The molecule has 0 aromatic heterocycles. The van der Waals surface area contributed by atoms with E-state index in [2.05, 4.69) is 0 Å². The van der Waals surface area contributed by atoms with Gasteiger partial charge in [-0.05, 0) is 17.7 Å². The minimum atomic E-state index is -0.756. The first-order chi connectivity index (χ1) is 8.69. The zero-order valence-electron chi connectivity index (χ0n) is 10.2. The molecule has 1 aliphatic rings. The molecule has 1 aromatic rings. The van der Waals surface area contributed by atoms with E-state index in [1.165, 1.54) is 0 Å². The molecule has 0 radical (unpaired) electrons. The molecule has 1 saturated heterocycles. The monoisotopic (exact) mass is 252 g/mol. The Morgan fingerprint density at radius 3 is 2.67 bits per heavy atom. The summed E-state index contributed by atoms with van der Waals surface area (Å²) in [5.74, 6) is 0.416. The van der Waals surface area contributed by atoms with Gasteiger partial charge >= 0.3 is 5.97 Å². The molecule has 0 saturated carbocycles. The number of rotatable bonds is 5. The van der Waals surface area contributed by atoms with Gasteiger partial charge in [0.05, 0.1) is 26.7 Å². The minimum absolute atomic E-state index is 0.0521. The topological polar surface area (TPSA) is 65.0 Å². The van der Waals surface area contributed by atoms with Crippen LogP contribution in [0.4, 0.5) is 0 Å². The van der Waals surface area contributed by atoms with Gasteiger partial charge in [0, 0.05) is 0 Å².